The molecule has 0 N–H and O–H groups in total. The van der Waals surface area contributed by atoms with E-state index in [1.165, 1.54) is 18.4 Å². The summed E-state index contributed by atoms with van der Waals surface area (Å²) < 4.78 is 17.2. The molecular weight excluding hydrogens is 300 g/mol. The minimum absolute atomic E-state index is 0.0782. The highest BCUT2D eigenvalue weighted by molar-refractivity contribution is 5.13. The van der Waals surface area contributed by atoms with Crippen molar-refractivity contribution in [2.75, 3.05) is 20.8 Å². The number of hydrogen-bond acceptors (Lipinski definition) is 3. The Morgan fingerprint density at radius 2 is 1.79 bits per heavy atom. The maximum atomic E-state index is 5.97. The van der Waals surface area contributed by atoms with E-state index in [2.05, 4.69) is 38.1 Å². The summed E-state index contributed by atoms with van der Waals surface area (Å²) >= 11 is 0. The summed E-state index contributed by atoms with van der Waals surface area (Å²) in [6.07, 6.45) is 3.61. The van der Waals surface area contributed by atoms with E-state index in [0.717, 1.165) is 24.9 Å². The van der Waals surface area contributed by atoms with Gasteiger partial charge in [-0.2, -0.15) is 0 Å². The lowest BCUT2D eigenvalue weighted by atomic mass is 9.42. The molecular formula is C21H32O3. The van der Waals surface area contributed by atoms with E-state index >= 15 is 0 Å². The van der Waals surface area contributed by atoms with Gasteiger partial charge in [0.2, 0.25) is 0 Å². The molecule has 3 heteroatoms. The molecule has 0 amide bonds. The van der Waals surface area contributed by atoms with Gasteiger partial charge in [-0.3, -0.25) is 0 Å². The predicted octanol–water partition coefficient (Wildman–Crippen LogP) is 4.51. The minimum Gasteiger partial charge on any atom is -0.377 e. The van der Waals surface area contributed by atoms with Gasteiger partial charge in [0.15, 0.2) is 6.29 Å². The molecule has 0 spiro atoms. The molecule has 1 aromatic rings. The zero-order valence-corrected chi connectivity index (χ0v) is 15.5. The highest BCUT2D eigenvalue weighted by Gasteiger charge is 2.58. The molecule has 1 aromatic carbocycles. The molecule has 0 aliphatic heterocycles. The largest absolute Gasteiger partial charge is 0.377 e. The first-order valence-electron chi connectivity index (χ1n) is 9.25. The average molecular weight is 332 g/mol. The van der Waals surface area contributed by atoms with E-state index in [1.54, 1.807) is 14.2 Å². The lowest BCUT2D eigenvalue weighted by molar-refractivity contribution is -0.222. The number of rotatable bonds is 8. The third kappa shape index (κ3) is 3.40. The number of benzene rings is 1. The van der Waals surface area contributed by atoms with E-state index in [9.17, 15) is 0 Å². The first kappa shape index (κ1) is 17.9. The van der Waals surface area contributed by atoms with Gasteiger partial charge in [-0.15, -0.1) is 0 Å². The highest BCUT2D eigenvalue weighted by atomic mass is 16.7. The van der Waals surface area contributed by atoms with Crippen LogP contribution in [0.25, 0.3) is 0 Å². The number of ether oxygens (including phenoxy) is 3. The summed E-state index contributed by atoms with van der Waals surface area (Å²) in [5.74, 6) is 2.72. The third-order valence-electron chi connectivity index (χ3n) is 6.69. The summed E-state index contributed by atoms with van der Waals surface area (Å²) in [5.41, 5.74) is 1.71. The van der Waals surface area contributed by atoms with Gasteiger partial charge >= 0.3 is 0 Å². The fraction of sp³-hybridized carbons (Fsp3) is 0.714. The van der Waals surface area contributed by atoms with Gasteiger partial charge in [0, 0.05) is 26.7 Å². The molecule has 4 rings (SSSR count). The van der Waals surface area contributed by atoms with E-state index in [-0.39, 0.29) is 6.29 Å². The summed E-state index contributed by atoms with van der Waals surface area (Å²) in [7, 11) is 3.53. The zero-order chi connectivity index (χ0) is 17.2. The fourth-order valence-corrected chi connectivity index (χ4v) is 5.14. The Kier molecular flexibility index (Phi) is 5.63. The molecule has 3 aliphatic rings. The Hall–Kier alpha value is -0.900. The Morgan fingerprint density at radius 3 is 2.42 bits per heavy atom. The normalized spacial score (nSPS) is 31.0. The molecule has 3 nitrogen and oxygen atoms in total. The molecule has 2 unspecified atom stereocenters. The number of methoxy groups -OCH3 is 2. The molecule has 2 bridgehead atoms. The van der Waals surface area contributed by atoms with Crippen LogP contribution >= 0.6 is 0 Å². The molecule has 3 aliphatic carbocycles. The van der Waals surface area contributed by atoms with Gasteiger partial charge in [-0.05, 0) is 48.0 Å². The van der Waals surface area contributed by atoms with E-state index < -0.39 is 0 Å². The average Bonchev–Trinajstić information content (AvgIpc) is 2.61. The monoisotopic (exact) mass is 332 g/mol. The molecule has 24 heavy (non-hydrogen) atoms. The van der Waals surface area contributed by atoms with Crippen molar-refractivity contribution >= 4 is 0 Å². The molecule has 3 saturated carbocycles. The Morgan fingerprint density at radius 1 is 1.08 bits per heavy atom. The van der Waals surface area contributed by atoms with E-state index in [0.29, 0.717) is 23.9 Å². The molecule has 0 radical (unpaired) electrons. The highest BCUT2D eigenvalue weighted by Crippen LogP contribution is 2.64. The van der Waals surface area contributed by atoms with Gasteiger partial charge in [-0.25, -0.2) is 0 Å². The quantitative estimate of drug-likeness (QED) is 0.518. The van der Waals surface area contributed by atoms with Crippen LogP contribution in [-0.4, -0.2) is 27.1 Å². The molecule has 134 valence electrons. The first-order chi connectivity index (χ1) is 11.6. The summed E-state index contributed by atoms with van der Waals surface area (Å²) in [6.45, 7) is 6.39. The summed E-state index contributed by atoms with van der Waals surface area (Å²) in [5, 5.41) is 0. The van der Waals surface area contributed by atoms with Crippen LogP contribution in [0.15, 0.2) is 30.3 Å². The van der Waals surface area contributed by atoms with Crippen LogP contribution in [0.5, 0.6) is 0 Å². The van der Waals surface area contributed by atoms with E-state index in [4.69, 9.17) is 14.2 Å². The molecule has 0 aromatic heterocycles. The second kappa shape index (κ2) is 7.55. The maximum absolute atomic E-state index is 5.97. The standard InChI is InChI=1S/C21H32O3/c1-21(2)16-12-18(20(22-3)23-4)17(19(21)13-16)10-11-24-14-15-8-6-5-7-9-15/h5-9,16-20H,10-14H2,1-4H3/t16?,17-,18+,19?/m0/s1. The first-order valence-corrected chi connectivity index (χ1v) is 9.25. The van der Waals surface area contributed by atoms with Gasteiger partial charge in [0.1, 0.15) is 0 Å². The topological polar surface area (TPSA) is 27.7 Å². The van der Waals surface area contributed by atoms with Gasteiger partial charge in [0.05, 0.1) is 6.61 Å². The SMILES string of the molecule is COC(OC)[C@@H]1CC2CC([C@H]1CCOCc1ccccc1)C2(C)C. The molecule has 0 saturated heterocycles. The molecule has 3 fully saturated rings. The van der Waals surface area contributed by atoms with Crippen LogP contribution < -0.4 is 0 Å². The Balaban J connectivity index is 1.57. The second-order valence-electron chi connectivity index (χ2n) is 8.09. The lowest BCUT2D eigenvalue weighted by Gasteiger charge is -2.63. The van der Waals surface area contributed by atoms with Crippen molar-refractivity contribution < 1.29 is 14.2 Å². The van der Waals surface area contributed by atoms with Crippen LogP contribution in [0.3, 0.4) is 0 Å². The van der Waals surface area contributed by atoms with Crippen LogP contribution in [0.2, 0.25) is 0 Å². The fourth-order valence-electron chi connectivity index (χ4n) is 5.14. The van der Waals surface area contributed by atoms with Crippen molar-refractivity contribution in [3.8, 4) is 0 Å². The summed E-state index contributed by atoms with van der Waals surface area (Å²) in [6, 6.07) is 10.4. The molecule has 4 atom stereocenters. The number of hydrogen-bond donors (Lipinski definition) is 0. The third-order valence-corrected chi connectivity index (χ3v) is 6.69. The van der Waals surface area contributed by atoms with Crippen molar-refractivity contribution in [1.82, 2.24) is 0 Å². The molecule has 0 heterocycles. The Labute approximate surface area is 146 Å². The summed E-state index contributed by atoms with van der Waals surface area (Å²) in [4.78, 5) is 0. The smallest absolute Gasteiger partial charge is 0.159 e. The van der Waals surface area contributed by atoms with Crippen LogP contribution in [-0.2, 0) is 20.8 Å². The number of fused-ring (bicyclic) bond motifs is 2. The van der Waals surface area contributed by atoms with Crippen molar-refractivity contribution in [1.29, 1.82) is 0 Å². The van der Waals surface area contributed by atoms with Crippen LogP contribution in [0, 0.1) is 29.1 Å². The van der Waals surface area contributed by atoms with Crippen molar-refractivity contribution in [2.24, 2.45) is 29.1 Å². The van der Waals surface area contributed by atoms with Gasteiger partial charge in [0.25, 0.3) is 0 Å². The Bertz CT molecular complexity index is 509. The minimum atomic E-state index is -0.0782. The zero-order valence-electron chi connectivity index (χ0n) is 15.5. The van der Waals surface area contributed by atoms with Crippen molar-refractivity contribution in [2.45, 2.75) is 46.0 Å². The van der Waals surface area contributed by atoms with Gasteiger partial charge < -0.3 is 14.2 Å². The van der Waals surface area contributed by atoms with Crippen LogP contribution in [0.1, 0.15) is 38.7 Å². The van der Waals surface area contributed by atoms with Crippen molar-refractivity contribution in [3.05, 3.63) is 35.9 Å². The van der Waals surface area contributed by atoms with E-state index in [1.807, 2.05) is 6.07 Å². The van der Waals surface area contributed by atoms with Crippen molar-refractivity contribution in [3.63, 3.8) is 0 Å². The second-order valence-corrected chi connectivity index (χ2v) is 8.09. The van der Waals surface area contributed by atoms with Gasteiger partial charge in [-0.1, -0.05) is 44.2 Å². The van der Waals surface area contributed by atoms with Crippen LogP contribution in [0.4, 0.5) is 0 Å². The lowest BCUT2D eigenvalue weighted by Crippen LogP contribution is -2.58. The maximum Gasteiger partial charge on any atom is 0.159 e. The predicted molar refractivity (Wildman–Crippen MR) is 95.5 cm³/mol.